The van der Waals surface area contributed by atoms with Crippen LogP contribution in [0.25, 0.3) is 0 Å². The zero-order valence-electron chi connectivity index (χ0n) is 14.5. The van der Waals surface area contributed by atoms with E-state index in [0.29, 0.717) is 31.2 Å². The first-order valence-electron chi connectivity index (χ1n) is 8.82. The summed E-state index contributed by atoms with van der Waals surface area (Å²) in [4.78, 5) is 28.6. The van der Waals surface area contributed by atoms with E-state index in [2.05, 4.69) is 4.90 Å². The van der Waals surface area contributed by atoms with E-state index >= 15 is 0 Å². The lowest BCUT2D eigenvalue weighted by molar-refractivity contribution is -0.149. The van der Waals surface area contributed by atoms with Crippen molar-refractivity contribution in [2.75, 3.05) is 31.1 Å². The summed E-state index contributed by atoms with van der Waals surface area (Å²) < 4.78 is 5.63. The molecule has 26 heavy (non-hydrogen) atoms. The molecule has 3 aliphatic heterocycles. The number of piperazine rings is 1. The number of carbonyl (C=O) groups is 2. The third-order valence-corrected chi connectivity index (χ3v) is 5.81. The molecule has 1 aromatic rings. The minimum atomic E-state index is -0.964. The Kier molecular flexibility index (Phi) is 4.40. The molecular formula is C19H21ClN2O4. The molecule has 0 saturated carbocycles. The van der Waals surface area contributed by atoms with Crippen LogP contribution in [-0.2, 0) is 14.3 Å². The molecule has 0 aliphatic carbocycles. The Labute approximate surface area is 157 Å². The molecule has 0 radical (unpaired) electrons. The van der Waals surface area contributed by atoms with Gasteiger partial charge in [-0.1, -0.05) is 29.8 Å². The van der Waals surface area contributed by atoms with Gasteiger partial charge < -0.3 is 19.6 Å². The normalized spacial score (nSPS) is 30.1. The minimum Gasteiger partial charge on any atom is -0.481 e. The number of anilines is 1. The Morgan fingerprint density at radius 3 is 2.42 bits per heavy atom. The molecule has 7 heteroatoms. The van der Waals surface area contributed by atoms with Gasteiger partial charge in [-0.05, 0) is 24.6 Å². The fourth-order valence-corrected chi connectivity index (χ4v) is 4.36. The van der Waals surface area contributed by atoms with Crippen molar-refractivity contribution in [3.63, 3.8) is 0 Å². The lowest BCUT2D eigenvalue weighted by atomic mass is 9.82. The number of aryl methyl sites for hydroxylation is 1. The fraction of sp³-hybridized carbons (Fsp3) is 0.474. The highest BCUT2D eigenvalue weighted by molar-refractivity contribution is 6.30. The highest BCUT2D eigenvalue weighted by atomic mass is 35.5. The van der Waals surface area contributed by atoms with Gasteiger partial charge in [0, 0.05) is 36.9 Å². The van der Waals surface area contributed by atoms with E-state index < -0.39 is 30.0 Å². The average Bonchev–Trinajstić information content (AvgIpc) is 3.24. The molecule has 4 atom stereocenters. The second-order valence-electron chi connectivity index (χ2n) is 7.08. The second-order valence-corrected chi connectivity index (χ2v) is 7.52. The largest absolute Gasteiger partial charge is 0.481 e. The Hall–Kier alpha value is -2.05. The number of benzene rings is 1. The van der Waals surface area contributed by atoms with Gasteiger partial charge in [-0.15, -0.1) is 0 Å². The summed E-state index contributed by atoms with van der Waals surface area (Å²) in [6.07, 6.45) is 2.68. The third-order valence-electron chi connectivity index (χ3n) is 5.57. The van der Waals surface area contributed by atoms with Crippen molar-refractivity contribution in [1.82, 2.24) is 4.90 Å². The second kappa shape index (κ2) is 6.59. The fourth-order valence-electron chi connectivity index (χ4n) is 4.20. The number of fused-ring (bicyclic) bond motifs is 2. The topological polar surface area (TPSA) is 70.1 Å². The highest BCUT2D eigenvalue weighted by Gasteiger charge is 2.54. The Morgan fingerprint density at radius 1 is 1.12 bits per heavy atom. The van der Waals surface area contributed by atoms with Gasteiger partial charge in [-0.3, -0.25) is 9.59 Å². The zero-order chi connectivity index (χ0) is 18.4. The van der Waals surface area contributed by atoms with Crippen LogP contribution in [0.1, 0.15) is 5.56 Å². The number of ether oxygens (including phenoxy) is 1. The number of carboxylic acid groups (broad SMARTS) is 1. The Bertz CT molecular complexity index is 773. The molecule has 0 spiro atoms. The number of carboxylic acids is 1. The quantitative estimate of drug-likeness (QED) is 0.816. The number of amides is 1. The van der Waals surface area contributed by atoms with E-state index in [0.717, 1.165) is 11.3 Å². The summed E-state index contributed by atoms with van der Waals surface area (Å²) in [6.45, 7) is 4.56. The first-order chi connectivity index (χ1) is 12.5. The zero-order valence-corrected chi connectivity index (χ0v) is 15.2. The van der Waals surface area contributed by atoms with Gasteiger partial charge in [0.2, 0.25) is 5.91 Å². The van der Waals surface area contributed by atoms with Crippen molar-refractivity contribution in [3.8, 4) is 0 Å². The monoisotopic (exact) mass is 376 g/mol. The molecule has 2 saturated heterocycles. The lowest BCUT2D eigenvalue weighted by Crippen LogP contribution is -2.53. The Morgan fingerprint density at radius 2 is 1.77 bits per heavy atom. The number of rotatable bonds is 3. The first kappa shape index (κ1) is 17.4. The van der Waals surface area contributed by atoms with Crippen LogP contribution in [0.5, 0.6) is 0 Å². The molecule has 1 amide bonds. The highest BCUT2D eigenvalue weighted by Crippen LogP contribution is 2.40. The number of nitrogens with zero attached hydrogens (tertiary/aromatic N) is 2. The van der Waals surface area contributed by atoms with Crippen LogP contribution in [0, 0.1) is 18.8 Å². The SMILES string of the molecule is Cc1ccc(Cl)cc1N1CCN(C(=O)[C@@H]2[C@@H](C(=O)O)[C@H]3C=C[C@H]2O3)CC1. The molecular weight excluding hydrogens is 356 g/mol. The summed E-state index contributed by atoms with van der Waals surface area (Å²) in [7, 11) is 0. The van der Waals surface area contributed by atoms with Crippen molar-refractivity contribution >= 4 is 29.2 Å². The van der Waals surface area contributed by atoms with Crippen LogP contribution in [0.15, 0.2) is 30.4 Å². The van der Waals surface area contributed by atoms with Crippen LogP contribution >= 0.6 is 11.6 Å². The summed E-state index contributed by atoms with van der Waals surface area (Å²) in [5.41, 5.74) is 2.23. The molecule has 138 valence electrons. The van der Waals surface area contributed by atoms with E-state index in [-0.39, 0.29) is 5.91 Å². The molecule has 2 bridgehead atoms. The van der Waals surface area contributed by atoms with Crippen LogP contribution in [0.2, 0.25) is 5.02 Å². The van der Waals surface area contributed by atoms with Crippen LogP contribution in [0.3, 0.4) is 0 Å². The third kappa shape index (κ3) is 2.87. The maximum atomic E-state index is 13.0. The maximum absolute atomic E-state index is 13.0. The standard InChI is InChI=1S/C19H21ClN2O4/c1-11-2-3-12(20)10-13(11)21-6-8-22(9-7-21)18(23)16-14-4-5-15(26-14)17(16)19(24)25/h2-5,10,14-17H,6-9H2,1H3,(H,24,25)/t14-,15-,16+,17+/m1/s1. The van der Waals surface area contributed by atoms with Gasteiger partial charge in [0.05, 0.1) is 18.1 Å². The minimum absolute atomic E-state index is 0.114. The number of aliphatic carboxylic acids is 1. The van der Waals surface area contributed by atoms with Crippen LogP contribution in [-0.4, -0.2) is 60.3 Å². The van der Waals surface area contributed by atoms with Crippen molar-refractivity contribution in [2.45, 2.75) is 19.1 Å². The van der Waals surface area contributed by atoms with Gasteiger partial charge in [-0.2, -0.15) is 0 Å². The molecule has 4 rings (SSSR count). The summed E-state index contributed by atoms with van der Waals surface area (Å²) in [6, 6.07) is 5.81. The van der Waals surface area contributed by atoms with E-state index in [4.69, 9.17) is 16.3 Å². The predicted molar refractivity (Wildman–Crippen MR) is 97.4 cm³/mol. The van der Waals surface area contributed by atoms with Gasteiger partial charge in [0.25, 0.3) is 0 Å². The van der Waals surface area contributed by atoms with E-state index in [1.165, 1.54) is 0 Å². The molecule has 1 aromatic carbocycles. The molecule has 1 N–H and O–H groups in total. The Balaban J connectivity index is 1.45. The maximum Gasteiger partial charge on any atom is 0.310 e. The summed E-state index contributed by atoms with van der Waals surface area (Å²) in [5.74, 6) is -2.49. The summed E-state index contributed by atoms with van der Waals surface area (Å²) in [5, 5.41) is 10.2. The molecule has 3 heterocycles. The van der Waals surface area contributed by atoms with E-state index in [1.54, 1.807) is 11.0 Å². The van der Waals surface area contributed by atoms with Gasteiger partial charge >= 0.3 is 5.97 Å². The van der Waals surface area contributed by atoms with Crippen LogP contribution < -0.4 is 4.90 Å². The van der Waals surface area contributed by atoms with Crippen LogP contribution in [0.4, 0.5) is 5.69 Å². The van der Waals surface area contributed by atoms with Crippen molar-refractivity contribution < 1.29 is 19.4 Å². The van der Waals surface area contributed by atoms with E-state index in [1.807, 2.05) is 31.2 Å². The molecule has 2 fully saturated rings. The van der Waals surface area contributed by atoms with Gasteiger partial charge in [0.1, 0.15) is 5.92 Å². The van der Waals surface area contributed by atoms with E-state index in [9.17, 15) is 14.7 Å². The lowest BCUT2D eigenvalue weighted by Gasteiger charge is -2.38. The number of carbonyl (C=O) groups excluding carboxylic acids is 1. The number of hydrogen-bond acceptors (Lipinski definition) is 4. The summed E-state index contributed by atoms with van der Waals surface area (Å²) >= 11 is 6.12. The first-order valence-corrected chi connectivity index (χ1v) is 9.20. The van der Waals surface area contributed by atoms with Crippen molar-refractivity contribution in [2.24, 2.45) is 11.8 Å². The molecule has 0 unspecified atom stereocenters. The molecule has 6 nitrogen and oxygen atoms in total. The number of halogens is 1. The number of hydrogen-bond donors (Lipinski definition) is 1. The van der Waals surface area contributed by atoms with Gasteiger partial charge in [0.15, 0.2) is 0 Å². The van der Waals surface area contributed by atoms with Crippen molar-refractivity contribution in [1.29, 1.82) is 0 Å². The van der Waals surface area contributed by atoms with Crippen molar-refractivity contribution in [3.05, 3.63) is 40.9 Å². The molecule has 3 aliphatic rings. The molecule has 0 aromatic heterocycles. The predicted octanol–water partition coefficient (Wildman–Crippen LogP) is 1.95. The smallest absolute Gasteiger partial charge is 0.310 e. The average molecular weight is 377 g/mol. The van der Waals surface area contributed by atoms with Gasteiger partial charge in [-0.25, -0.2) is 0 Å².